The van der Waals surface area contributed by atoms with Gasteiger partial charge >= 0.3 is 0 Å². The smallest absolute Gasteiger partial charge is 0.125 e. The molecule has 0 aliphatic carbocycles. The molecule has 0 heterocycles. The van der Waals surface area contributed by atoms with Gasteiger partial charge in [0.15, 0.2) is 0 Å². The molecule has 0 aromatic heterocycles. The summed E-state index contributed by atoms with van der Waals surface area (Å²) in [6, 6.07) is 12.0. The molecule has 2 rings (SSSR count). The summed E-state index contributed by atoms with van der Waals surface area (Å²) in [6.07, 6.45) is 0.0180. The highest BCUT2D eigenvalue weighted by Crippen LogP contribution is 2.31. The van der Waals surface area contributed by atoms with E-state index in [-0.39, 0.29) is 0 Å². The van der Waals surface area contributed by atoms with Crippen LogP contribution in [0.25, 0.3) is 0 Å². The molecule has 1 atom stereocenters. The Kier molecular flexibility index (Phi) is 4.84. The third kappa shape index (κ3) is 3.41. The van der Waals surface area contributed by atoms with Gasteiger partial charge in [-0.3, -0.25) is 0 Å². The topological polar surface area (TPSA) is 29.5 Å². The fourth-order valence-corrected chi connectivity index (χ4v) is 2.64. The Bertz CT molecular complexity index is 608. The van der Waals surface area contributed by atoms with Crippen molar-refractivity contribution < 1.29 is 9.84 Å². The van der Waals surface area contributed by atoms with Crippen molar-refractivity contribution in [2.24, 2.45) is 0 Å². The summed E-state index contributed by atoms with van der Waals surface area (Å²) in [7, 11) is 1.62. The highest BCUT2D eigenvalue weighted by molar-refractivity contribution is 9.10. The molecule has 1 unspecified atom stereocenters. The highest BCUT2D eigenvalue weighted by Gasteiger charge is 2.15. The molecule has 0 bridgehead atoms. The van der Waals surface area contributed by atoms with E-state index in [1.165, 1.54) is 16.7 Å². The molecule has 1 N–H and O–H groups in total. The van der Waals surface area contributed by atoms with E-state index in [2.05, 4.69) is 48.0 Å². The molecular formula is C17H19BrO2. The minimum Gasteiger partial charge on any atom is -0.496 e. The average molecular weight is 335 g/mol. The lowest BCUT2D eigenvalue weighted by molar-refractivity contribution is 0.174. The summed E-state index contributed by atoms with van der Waals surface area (Å²) in [4.78, 5) is 0. The quantitative estimate of drug-likeness (QED) is 0.900. The summed E-state index contributed by atoms with van der Waals surface area (Å²) in [5.41, 5.74) is 4.39. The fraction of sp³-hybridized carbons (Fsp3) is 0.294. The first-order valence-electron chi connectivity index (χ1n) is 6.59. The Morgan fingerprint density at radius 1 is 1.15 bits per heavy atom. The molecule has 2 nitrogen and oxygen atoms in total. The van der Waals surface area contributed by atoms with E-state index in [1.54, 1.807) is 7.11 Å². The summed E-state index contributed by atoms with van der Waals surface area (Å²) < 4.78 is 6.29. The van der Waals surface area contributed by atoms with Gasteiger partial charge in [-0.25, -0.2) is 0 Å². The number of methoxy groups -OCH3 is 1. The number of aliphatic hydroxyl groups is 1. The summed E-state index contributed by atoms with van der Waals surface area (Å²) in [5.74, 6) is 0.706. The molecule has 0 radical (unpaired) electrons. The molecule has 0 aliphatic heterocycles. The molecule has 2 aromatic carbocycles. The molecule has 0 saturated carbocycles. The van der Waals surface area contributed by atoms with Crippen LogP contribution in [-0.2, 0) is 6.42 Å². The van der Waals surface area contributed by atoms with Crippen molar-refractivity contribution in [2.75, 3.05) is 7.11 Å². The second-order valence-corrected chi connectivity index (χ2v) is 5.95. The van der Waals surface area contributed by atoms with Crippen LogP contribution < -0.4 is 4.74 Å². The maximum absolute atomic E-state index is 10.5. The molecule has 0 spiro atoms. The van der Waals surface area contributed by atoms with Gasteiger partial charge in [0.25, 0.3) is 0 Å². The molecule has 0 saturated heterocycles. The Morgan fingerprint density at radius 3 is 2.60 bits per heavy atom. The number of hydrogen-bond donors (Lipinski definition) is 1. The van der Waals surface area contributed by atoms with Crippen molar-refractivity contribution in [3.63, 3.8) is 0 Å². The molecule has 3 heteroatoms. The summed E-state index contributed by atoms with van der Waals surface area (Å²) in [5, 5.41) is 10.5. The van der Waals surface area contributed by atoms with Crippen molar-refractivity contribution in [3.05, 3.63) is 63.1 Å². The number of aliphatic hydroxyl groups excluding tert-OH is 1. The monoisotopic (exact) mass is 334 g/mol. The Labute approximate surface area is 128 Å². The van der Waals surface area contributed by atoms with E-state index in [1.807, 2.05) is 18.2 Å². The number of benzene rings is 2. The lowest BCUT2D eigenvalue weighted by Gasteiger charge is -2.16. The van der Waals surface area contributed by atoms with Crippen LogP contribution in [0.5, 0.6) is 5.75 Å². The second kappa shape index (κ2) is 6.42. The predicted octanol–water partition coefficient (Wildman–Crippen LogP) is 4.35. The number of hydrogen-bond acceptors (Lipinski definition) is 2. The SMILES string of the molecule is COc1cc(Br)ccc1C(O)Cc1cc(C)ccc1C. The van der Waals surface area contributed by atoms with Crippen molar-refractivity contribution in [1.29, 1.82) is 0 Å². The van der Waals surface area contributed by atoms with Crippen molar-refractivity contribution >= 4 is 15.9 Å². The maximum atomic E-state index is 10.5. The van der Waals surface area contributed by atoms with E-state index >= 15 is 0 Å². The van der Waals surface area contributed by atoms with Gasteiger partial charge in [0, 0.05) is 16.5 Å². The second-order valence-electron chi connectivity index (χ2n) is 5.04. The lowest BCUT2D eigenvalue weighted by Crippen LogP contribution is -2.05. The molecule has 2 aromatic rings. The van der Waals surface area contributed by atoms with Gasteiger partial charge in [-0.15, -0.1) is 0 Å². The third-order valence-corrected chi connectivity index (χ3v) is 3.97. The largest absolute Gasteiger partial charge is 0.496 e. The Hall–Kier alpha value is -1.32. The normalized spacial score (nSPS) is 12.2. The summed E-state index contributed by atoms with van der Waals surface area (Å²) >= 11 is 3.41. The molecule has 106 valence electrons. The first-order valence-corrected chi connectivity index (χ1v) is 7.38. The van der Waals surface area contributed by atoms with Gasteiger partial charge in [-0.05, 0) is 37.1 Å². The minimum atomic E-state index is -0.571. The molecule has 0 amide bonds. The van der Waals surface area contributed by atoms with Gasteiger partial charge in [0.05, 0.1) is 13.2 Å². The minimum absolute atomic E-state index is 0.571. The van der Waals surface area contributed by atoms with Crippen molar-refractivity contribution in [3.8, 4) is 5.75 Å². The molecule has 0 aliphatic rings. The fourth-order valence-electron chi connectivity index (χ4n) is 2.30. The zero-order valence-corrected chi connectivity index (χ0v) is 13.6. The van der Waals surface area contributed by atoms with Gasteiger partial charge in [-0.1, -0.05) is 45.8 Å². The first-order chi connectivity index (χ1) is 9.51. The van der Waals surface area contributed by atoms with Crippen LogP contribution in [0.2, 0.25) is 0 Å². The van der Waals surface area contributed by atoms with Crippen LogP contribution >= 0.6 is 15.9 Å². The van der Waals surface area contributed by atoms with E-state index in [0.717, 1.165) is 10.0 Å². The lowest BCUT2D eigenvalue weighted by atomic mass is 9.96. The zero-order chi connectivity index (χ0) is 14.7. The molecule has 0 fully saturated rings. The van der Waals surface area contributed by atoms with Crippen molar-refractivity contribution in [1.82, 2.24) is 0 Å². The number of aryl methyl sites for hydroxylation is 2. The van der Waals surface area contributed by atoms with Crippen LogP contribution in [0.1, 0.15) is 28.4 Å². The predicted molar refractivity (Wildman–Crippen MR) is 85.3 cm³/mol. The standard InChI is InChI=1S/C17H19BrO2/c1-11-4-5-12(2)13(8-11)9-16(19)15-7-6-14(18)10-17(15)20-3/h4-8,10,16,19H,9H2,1-3H3. The van der Waals surface area contributed by atoms with Crippen LogP contribution in [0, 0.1) is 13.8 Å². The van der Waals surface area contributed by atoms with Crippen LogP contribution in [0.4, 0.5) is 0 Å². The zero-order valence-electron chi connectivity index (χ0n) is 12.0. The van der Waals surface area contributed by atoms with Crippen LogP contribution in [0.15, 0.2) is 40.9 Å². The Morgan fingerprint density at radius 2 is 1.90 bits per heavy atom. The van der Waals surface area contributed by atoms with Crippen LogP contribution in [-0.4, -0.2) is 12.2 Å². The third-order valence-electron chi connectivity index (χ3n) is 3.47. The van der Waals surface area contributed by atoms with E-state index in [4.69, 9.17) is 4.74 Å². The Balaban J connectivity index is 2.28. The number of rotatable bonds is 4. The highest BCUT2D eigenvalue weighted by atomic mass is 79.9. The first kappa shape index (κ1) is 15.1. The van der Waals surface area contributed by atoms with Crippen LogP contribution in [0.3, 0.4) is 0 Å². The van der Waals surface area contributed by atoms with Gasteiger partial charge in [0.2, 0.25) is 0 Å². The van der Waals surface area contributed by atoms with E-state index < -0.39 is 6.10 Å². The van der Waals surface area contributed by atoms with Gasteiger partial charge < -0.3 is 9.84 Å². The van der Waals surface area contributed by atoms with E-state index in [0.29, 0.717) is 12.2 Å². The van der Waals surface area contributed by atoms with Gasteiger partial charge in [-0.2, -0.15) is 0 Å². The van der Waals surface area contributed by atoms with E-state index in [9.17, 15) is 5.11 Å². The average Bonchev–Trinajstić information content (AvgIpc) is 2.42. The molecule has 20 heavy (non-hydrogen) atoms. The van der Waals surface area contributed by atoms with Crippen molar-refractivity contribution in [2.45, 2.75) is 26.4 Å². The summed E-state index contributed by atoms with van der Waals surface area (Å²) in [6.45, 7) is 4.13. The number of halogens is 1. The van der Waals surface area contributed by atoms with Gasteiger partial charge in [0.1, 0.15) is 5.75 Å². The number of ether oxygens (including phenoxy) is 1. The maximum Gasteiger partial charge on any atom is 0.125 e. The molecular weight excluding hydrogens is 316 g/mol.